The Hall–Kier alpha value is -3.35. The van der Waals surface area contributed by atoms with E-state index in [2.05, 4.69) is 10.6 Å². The van der Waals surface area contributed by atoms with Crippen LogP contribution >= 0.6 is 0 Å². The van der Waals surface area contributed by atoms with Gasteiger partial charge < -0.3 is 20.3 Å². The first kappa shape index (κ1) is 23.3. The van der Waals surface area contributed by atoms with Crippen molar-refractivity contribution in [2.75, 3.05) is 20.2 Å². The van der Waals surface area contributed by atoms with Crippen LogP contribution in [0.2, 0.25) is 0 Å². The first-order valence-electron chi connectivity index (χ1n) is 11.0. The van der Waals surface area contributed by atoms with Gasteiger partial charge in [-0.05, 0) is 55.2 Å². The number of nitrogens with zero attached hydrogens (tertiary/aromatic N) is 1. The predicted molar refractivity (Wildman–Crippen MR) is 123 cm³/mol. The van der Waals surface area contributed by atoms with Crippen LogP contribution < -0.4 is 15.4 Å². The Morgan fingerprint density at radius 3 is 2.06 bits per heavy atom. The van der Waals surface area contributed by atoms with Crippen LogP contribution in [0.5, 0.6) is 5.75 Å². The van der Waals surface area contributed by atoms with Gasteiger partial charge in [0.05, 0.1) is 7.11 Å². The molecule has 2 aromatic carbocycles. The van der Waals surface area contributed by atoms with Crippen molar-refractivity contribution in [1.82, 2.24) is 15.5 Å². The number of rotatable bonds is 7. The third kappa shape index (κ3) is 5.87. The number of nitrogens with one attached hydrogen (secondary N) is 2. The summed E-state index contributed by atoms with van der Waals surface area (Å²) in [6, 6.07) is 15.3. The van der Waals surface area contributed by atoms with Gasteiger partial charge in [-0.3, -0.25) is 14.4 Å². The Labute approximate surface area is 189 Å². The summed E-state index contributed by atoms with van der Waals surface area (Å²) in [6.07, 6.45) is 1.36. The molecule has 0 bridgehead atoms. The first-order valence-corrected chi connectivity index (χ1v) is 11.0. The van der Waals surface area contributed by atoms with Crippen LogP contribution in [-0.2, 0) is 4.79 Å². The summed E-state index contributed by atoms with van der Waals surface area (Å²) >= 11 is 0. The van der Waals surface area contributed by atoms with Gasteiger partial charge in [0.1, 0.15) is 11.8 Å². The lowest BCUT2D eigenvalue weighted by Gasteiger charge is -2.35. The number of methoxy groups -OCH3 is 1. The van der Waals surface area contributed by atoms with E-state index in [0.717, 1.165) is 0 Å². The quantitative estimate of drug-likeness (QED) is 0.697. The maximum absolute atomic E-state index is 13.2. The fraction of sp³-hybridized carbons (Fsp3) is 0.400. The van der Waals surface area contributed by atoms with Crippen molar-refractivity contribution in [1.29, 1.82) is 0 Å². The first-order chi connectivity index (χ1) is 15.4. The molecule has 3 rings (SSSR count). The largest absolute Gasteiger partial charge is 0.497 e. The van der Waals surface area contributed by atoms with Crippen LogP contribution in [-0.4, -0.2) is 54.9 Å². The molecule has 0 unspecified atom stereocenters. The minimum absolute atomic E-state index is 0.0261. The Morgan fingerprint density at radius 2 is 1.50 bits per heavy atom. The molecule has 0 radical (unpaired) electrons. The van der Waals surface area contributed by atoms with Crippen LogP contribution in [0.25, 0.3) is 0 Å². The van der Waals surface area contributed by atoms with E-state index in [0.29, 0.717) is 42.8 Å². The number of hydrogen-bond donors (Lipinski definition) is 2. The maximum Gasteiger partial charge on any atom is 0.251 e. The molecule has 0 aromatic heterocycles. The highest BCUT2D eigenvalue weighted by atomic mass is 16.5. The van der Waals surface area contributed by atoms with E-state index in [1.54, 1.807) is 48.4 Å². The smallest absolute Gasteiger partial charge is 0.251 e. The normalized spacial score (nSPS) is 15.2. The number of carbonyl (C=O) groups is 3. The molecule has 1 aliphatic rings. The van der Waals surface area contributed by atoms with Gasteiger partial charge in [-0.1, -0.05) is 32.0 Å². The van der Waals surface area contributed by atoms with Crippen molar-refractivity contribution >= 4 is 17.7 Å². The minimum atomic E-state index is -0.611. The molecule has 170 valence electrons. The summed E-state index contributed by atoms with van der Waals surface area (Å²) in [7, 11) is 1.57. The van der Waals surface area contributed by atoms with Crippen molar-refractivity contribution in [3.05, 3.63) is 65.7 Å². The summed E-state index contributed by atoms with van der Waals surface area (Å²) in [5.41, 5.74) is 1.11. The summed E-state index contributed by atoms with van der Waals surface area (Å²) in [5, 5.41) is 5.94. The highest BCUT2D eigenvalue weighted by molar-refractivity contribution is 5.97. The predicted octanol–water partition coefficient (Wildman–Crippen LogP) is 2.87. The molecule has 1 atom stereocenters. The standard InChI is InChI=1S/C25H31N3O4/c1-17(2)22(27-24(30)19-9-11-21(32-3)12-10-19)25(31)28-15-13-20(14-16-28)26-23(29)18-7-5-4-6-8-18/h4-12,17,20,22H,13-16H2,1-3H3,(H,26,29)(H,27,30)/t22-/m1/s1. The van der Waals surface area contributed by atoms with Crippen LogP contribution in [0.1, 0.15) is 47.4 Å². The van der Waals surface area contributed by atoms with E-state index in [1.165, 1.54) is 0 Å². The van der Waals surface area contributed by atoms with Crippen molar-refractivity contribution in [3.63, 3.8) is 0 Å². The zero-order chi connectivity index (χ0) is 23.1. The number of likely N-dealkylation sites (tertiary alicyclic amines) is 1. The third-order valence-corrected chi connectivity index (χ3v) is 5.75. The monoisotopic (exact) mass is 437 g/mol. The Balaban J connectivity index is 1.55. The van der Waals surface area contributed by atoms with E-state index < -0.39 is 6.04 Å². The molecule has 0 spiro atoms. The topological polar surface area (TPSA) is 87.7 Å². The van der Waals surface area contributed by atoms with Gasteiger partial charge in [0.2, 0.25) is 5.91 Å². The average molecular weight is 438 g/mol. The lowest BCUT2D eigenvalue weighted by Crippen LogP contribution is -2.54. The maximum atomic E-state index is 13.2. The van der Waals surface area contributed by atoms with Crippen molar-refractivity contribution < 1.29 is 19.1 Å². The highest BCUT2D eigenvalue weighted by Crippen LogP contribution is 2.16. The molecule has 7 nitrogen and oxygen atoms in total. The molecule has 32 heavy (non-hydrogen) atoms. The van der Waals surface area contributed by atoms with E-state index in [-0.39, 0.29) is 29.7 Å². The van der Waals surface area contributed by atoms with Crippen molar-refractivity contribution in [2.24, 2.45) is 5.92 Å². The van der Waals surface area contributed by atoms with Gasteiger partial charge in [-0.15, -0.1) is 0 Å². The van der Waals surface area contributed by atoms with Gasteiger partial charge in [0.25, 0.3) is 11.8 Å². The van der Waals surface area contributed by atoms with Gasteiger partial charge in [0, 0.05) is 30.3 Å². The third-order valence-electron chi connectivity index (χ3n) is 5.75. The van der Waals surface area contributed by atoms with Gasteiger partial charge >= 0.3 is 0 Å². The Bertz CT molecular complexity index is 920. The minimum Gasteiger partial charge on any atom is -0.497 e. The molecule has 1 fully saturated rings. The summed E-state index contributed by atoms with van der Waals surface area (Å²) in [4.78, 5) is 40.0. The van der Waals surface area contributed by atoms with Crippen LogP contribution in [0.15, 0.2) is 54.6 Å². The van der Waals surface area contributed by atoms with Gasteiger partial charge in [-0.2, -0.15) is 0 Å². The fourth-order valence-corrected chi connectivity index (χ4v) is 3.78. The molecule has 1 saturated heterocycles. The van der Waals surface area contributed by atoms with E-state index in [4.69, 9.17) is 4.74 Å². The summed E-state index contributed by atoms with van der Waals surface area (Å²) in [6.45, 7) is 4.92. The molecule has 7 heteroatoms. The van der Waals surface area contributed by atoms with E-state index in [9.17, 15) is 14.4 Å². The van der Waals surface area contributed by atoms with Crippen molar-refractivity contribution in [2.45, 2.75) is 38.8 Å². The number of carbonyl (C=O) groups excluding carboxylic acids is 3. The lowest BCUT2D eigenvalue weighted by atomic mass is 9.99. The second-order valence-electron chi connectivity index (χ2n) is 8.36. The molecule has 1 aliphatic heterocycles. The molecule has 2 N–H and O–H groups in total. The molecule has 0 aliphatic carbocycles. The van der Waals surface area contributed by atoms with Gasteiger partial charge in [-0.25, -0.2) is 0 Å². The summed E-state index contributed by atoms with van der Waals surface area (Å²) < 4.78 is 5.12. The average Bonchev–Trinajstić information content (AvgIpc) is 2.82. The zero-order valence-corrected chi connectivity index (χ0v) is 18.8. The molecular weight excluding hydrogens is 406 g/mol. The zero-order valence-electron chi connectivity index (χ0n) is 18.8. The number of amides is 3. The Kier molecular flexibility index (Phi) is 7.87. The molecule has 2 aromatic rings. The van der Waals surface area contributed by atoms with E-state index >= 15 is 0 Å². The second-order valence-corrected chi connectivity index (χ2v) is 8.36. The highest BCUT2D eigenvalue weighted by Gasteiger charge is 2.31. The number of piperidine rings is 1. The van der Waals surface area contributed by atoms with Crippen LogP contribution in [0.4, 0.5) is 0 Å². The molecule has 1 heterocycles. The SMILES string of the molecule is COc1ccc(C(=O)N[C@@H](C(=O)N2CCC(NC(=O)c3ccccc3)CC2)C(C)C)cc1. The fourth-order valence-electron chi connectivity index (χ4n) is 3.78. The number of ether oxygens (including phenoxy) is 1. The summed E-state index contributed by atoms with van der Waals surface area (Å²) in [5.74, 6) is 0.141. The Morgan fingerprint density at radius 1 is 0.906 bits per heavy atom. The second kappa shape index (κ2) is 10.8. The number of hydrogen-bond acceptors (Lipinski definition) is 4. The lowest BCUT2D eigenvalue weighted by molar-refractivity contribution is -0.135. The molecule has 3 amide bonds. The molecule has 0 saturated carbocycles. The van der Waals surface area contributed by atoms with E-state index in [1.807, 2.05) is 32.0 Å². The molecular formula is C25H31N3O4. The van der Waals surface area contributed by atoms with Crippen molar-refractivity contribution in [3.8, 4) is 5.75 Å². The van der Waals surface area contributed by atoms with Crippen LogP contribution in [0, 0.1) is 5.92 Å². The van der Waals surface area contributed by atoms with Gasteiger partial charge in [0.15, 0.2) is 0 Å². The number of benzene rings is 2. The van der Waals surface area contributed by atoms with Crippen LogP contribution in [0.3, 0.4) is 0 Å².